The van der Waals surface area contributed by atoms with Crippen molar-refractivity contribution >= 4 is 5.97 Å². The number of carboxylic acids is 1. The van der Waals surface area contributed by atoms with Crippen LogP contribution >= 0.6 is 0 Å². The molecule has 0 saturated heterocycles. The standard InChI is InChI=1S/C11H15NO3/c1-6-3-9(7(2)15-6)11(10(13)14)4-8(12)5-11/h3,8H,4-5,12H2,1-2H3,(H,13,14). The first-order chi connectivity index (χ1) is 6.95. The number of nitrogens with two attached hydrogens (primary N) is 1. The molecule has 4 heteroatoms. The van der Waals surface area contributed by atoms with E-state index in [0.29, 0.717) is 18.6 Å². The van der Waals surface area contributed by atoms with Gasteiger partial charge in [-0.1, -0.05) is 0 Å². The van der Waals surface area contributed by atoms with Crippen molar-refractivity contribution in [1.29, 1.82) is 0 Å². The van der Waals surface area contributed by atoms with Gasteiger partial charge >= 0.3 is 5.97 Å². The van der Waals surface area contributed by atoms with E-state index < -0.39 is 11.4 Å². The molecule has 1 aliphatic rings. The van der Waals surface area contributed by atoms with Crippen molar-refractivity contribution < 1.29 is 14.3 Å². The summed E-state index contributed by atoms with van der Waals surface area (Å²) < 4.78 is 5.38. The van der Waals surface area contributed by atoms with Crippen molar-refractivity contribution in [1.82, 2.24) is 0 Å². The molecule has 3 N–H and O–H groups in total. The van der Waals surface area contributed by atoms with E-state index in [1.165, 1.54) is 0 Å². The summed E-state index contributed by atoms with van der Waals surface area (Å²) in [6, 6.07) is 1.81. The van der Waals surface area contributed by atoms with Crippen LogP contribution in [0.25, 0.3) is 0 Å². The van der Waals surface area contributed by atoms with Crippen LogP contribution in [0, 0.1) is 13.8 Å². The molecule has 1 fully saturated rings. The van der Waals surface area contributed by atoms with Crippen LogP contribution in [0.4, 0.5) is 0 Å². The average molecular weight is 209 g/mol. The monoisotopic (exact) mass is 209 g/mol. The fourth-order valence-electron chi connectivity index (χ4n) is 2.45. The molecule has 1 aromatic heterocycles. The van der Waals surface area contributed by atoms with Crippen LogP contribution in [0.3, 0.4) is 0 Å². The smallest absolute Gasteiger partial charge is 0.314 e. The molecule has 1 heterocycles. The van der Waals surface area contributed by atoms with E-state index in [2.05, 4.69) is 0 Å². The molecular weight excluding hydrogens is 194 g/mol. The van der Waals surface area contributed by atoms with Crippen molar-refractivity contribution in [3.05, 3.63) is 23.2 Å². The van der Waals surface area contributed by atoms with E-state index in [1.807, 2.05) is 13.0 Å². The van der Waals surface area contributed by atoms with Gasteiger partial charge in [0.25, 0.3) is 0 Å². The Labute approximate surface area is 88.1 Å². The lowest BCUT2D eigenvalue weighted by atomic mass is 9.62. The average Bonchev–Trinajstić information content (AvgIpc) is 2.39. The second-order valence-electron chi connectivity index (χ2n) is 4.38. The molecule has 0 radical (unpaired) electrons. The molecule has 1 aliphatic carbocycles. The highest BCUT2D eigenvalue weighted by Crippen LogP contribution is 2.45. The van der Waals surface area contributed by atoms with Crippen LogP contribution in [0.15, 0.2) is 10.5 Å². The normalized spacial score (nSPS) is 29.9. The lowest BCUT2D eigenvalue weighted by Gasteiger charge is -2.42. The van der Waals surface area contributed by atoms with Crippen molar-refractivity contribution in [3.8, 4) is 0 Å². The van der Waals surface area contributed by atoms with Gasteiger partial charge in [0.15, 0.2) is 0 Å². The maximum atomic E-state index is 11.3. The van der Waals surface area contributed by atoms with Gasteiger partial charge in [-0.2, -0.15) is 0 Å². The van der Waals surface area contributed by atoms with Crippen LogP contribution in [0.2, 0.25) is 0 Å². The highest BCUT2D eigenvalue weighted by atomic mass is 16.4. The second-order valence-corrected chi connectivity index (χ2v) is 4.38. The fourth-order valence-corrected chi connectivity index (χ4v) is 2.45. The molecule has 0 spiro atoms. The highest BCUT2D eigenvalue weighted by Gasteiger charge is 2.52. The largest absolute Gasteiger partial charge is 0.481 e. The van der Waals surface area contributed by atoms with Crippen LogP contribution in [-0.2, 0) is 10.2 Å². The molecule has 2 rings (SSSR count). The zero-order valence-electron chi connectivity index (χ0n) is 8.91. The van der Waals surface area contributed by atoms with Crippen LogP contribution in [-0.4, -0.2) is 17.1 Å². The van der Waals surface area contributed by atoms with Crippen molar-refractivity contribution in [2.45, 2.75) is 38.1 Å². The van der Waals surface area contributed by atoms with Crippen LogP contribution < -0.4 is 5.73 Å². The topological polar surface area (TPSA) is 76.5 Å². The number of rotatable bonds is 2. The van der Waals surface area contributed by atoms with Gasteiger partial charge in [0.2, 0.25) is 0 Å². The SMILES string of the molecule is Cc1cc(C2(C(=O)O)CC(N)C2)c(C)o1. The minimum atomic E-state index is -0.804. The van der Waals surface area contributed by atoms with Crippen LogP contribution in [0.1, 0.15) is 29.9 Å². The third-order valence-corrected chi connectivity index (χ3v) is 3.19. The number of aliphatic carboxylic acids is 1. The number of hydrogen-bond acceptors (Lipinski definition) is 3. The first-order valence-electron chi connectivity index (χ1n) is 5.02. The predicted octanol–water partition coefficient (Wildman–Crippen LogP) is 1.34. The Hall–Kier alpha value is -1.29. The van der Waals surface area contributed by atoms with E-state index in [4.69, 9.17) is 10.2 Å². The van der Waals surface area contributed by atoms with E-state index in [-0.39, 0.29) is 6.04 Å². The second kappa shape index (κ2) is 3.10. The number of hydrogen-bond donors (Lipinski definition) is 2. The van der Waals surface area contributed by atoms with Crippen molar-refractivity contribution in [3.63, 3.8) is 0 Å². The van der Waals surface area contributed by atoms with Crippen molar-refractivity contribution in [2.24, 2.45) is 5.73 Å². The molecule has 0 amide bonds. The van der Waals surface area contributed by atoms with Gasteiger partial charge in [-0.25, -0.2) is 0 Å². The number of carbonyl (C=O) groups is 1. The van der Waals surface area contributed by atoms with E-state index in [0.717, 1.165) is 11.3 Å². The van der Waals surface area contributed by atoms with Gasteiger partial charge in [0.05, 0.1) is 5.41 Å². The number of aryl methyl sites for hydroxylation is 2. The minimum absolute atomic E-state index is 0.00398. The van der Waals surface area contributed by atoms with E-state index in [1.54, 1.807) is 6.92 Å². The molecule has 0 aromatic carbocycles. The summed E-state index contributed by atoms with van der Waals surface area (Å²) >= 11 is 0. The molecule has 0 atom stereocenters. The Morgan fingerprint density at radius 1 is 1.60 bits per heavy atom. The highest BCUT2D eigenvalue weighted by molar-refractivity contribution is 5.83. The summed E-state index contributed by atoms with van der Waals surface area (Å²) in [7, 11) is 0. The lowest BCUT2D eigenvalue weighted by Crippen LogP contribution is -2.54. The number of furan rings is 1. The van der Waals surface area contributed by atoms with Gasteiger partial charge in [-0.05, 0) is 32.8 Å². The summed E-state index contributed by atoms with van der Waals surface area (Å²) in [6.07, 6.45) is 1.00. The Bertz CT molecular complexity index is 402. The van der Waals surface area contributed by atoms with Crippen molar-refractivity contribution in [2.75, 3.05) is 0 Å². The first kappa shape index (κ1) is 10.2. The quantitative estimate of drug-likeness (QED) is 0.770. The van der Waals surface area contributed by atoms with Gasteiger partial charge in [-0.3, -0.25) is 4.79 Å². The summed E-state index contributed by atoms with van der Waals surface area (Å²) in [5, 5.41) is 9.29. The fraction of sp³-hybridized carbons (Fsp3) is 0.545. The molecule has 1 saturated carbocycles. The molecule has 0 bridgehead atoms. The molecule has 82 valence electrons. The predicted molar refractivity (Wildman–Crippen MR) is 54.7 cm³/mol. The molecule has 15 heavy (non-hydrogen) atoms. The Kier molecular flexibility index (Phi) is 2.12. The maximum Gasteiger partial charge on any atom is 0.314 e. The molecule has 1 aromatic rings. The molecular formula is C11H15NO3. The van der Waals surface area contributed by atoms with E-state index in [9.17, 15) is 9.90 Å². The molecule has 0 unspecified atom stereocenters. The lowest BCUT2D eigenvalue weighted by molar-refractivity contribution is -0.148. The third kappa shape index (κ3) is 1.36. The van der Waals surface area contributed by atoms with Gasteiger partial charge < -0.3 is 15.3 Å². The van der Waals surface area contributed by atoms with Gasteiger partial charge in [0, 0.05) is 11.6 Å². The summed E-state index contributed by atoms with van der Waals surface area (Å²) in [4.78, 5) is 11.3. The number of carboxylic acid groups (broad SMARTS) is 1. The van der Waals surface area contributed by atoms with Gasteiger partial charge in [0.1, 0.15) is 11.5 Å². The molecule has 0 aliphatic heterocycles. The third-order valence-electron chi connectivity index (χ3n) is 3.19. The maximum absolute atomic E-state index is 11.3. The Morgan fingerprint density at radius 3 is 2.53 bits per heavy atom. The minimum Gasteiger partial charge on any atom is -0.481 e. The summed E-state index contributed by atoms with van der Waals surface area (Å²) in [5.41, 5.74) is 5.67. The Morgan fingerprint density at radius 2 is 2.20 bits per heavy atom. The summed E-state index contributed by atoms with van der Waals surface area (Å²) in [5.74, 6) is 0.651. The zero-order chi connectivity index (χ0) is 11.2. The zero-order valence-corrected chi connectivity index (χ0v) is 8.91. The van der Waals surface area contributed by atoms with Crippen LogP contribution in [0.5, 0.6) is 0 Å². The van der Waals surface area contributed by atoms with Gasteiger partial charge in [-0.15, -0.1) is 0 Å². The molecule has 4 nitrogen and oxygen atoms in total. The Balaban J connectivity index is 2.43. The summed E-state index contributed by atoms with van der Waals surface area (Å²) in [6.45, 7) is 3.63. The van der Waals surface area contributed by atoms with E-state index >= 15 is 0 Å². The first-order valence-corrected chi connectivity index (χ1v) is 5.02.